The molecule has 0 aliphatic heterocycles. The van der Waals surface area contributed by atoms with E-state index in [4.69, 9.17) is 0 Å². The van der Waals surface area contributed by atoms with Crippen LogP contribution in [0.25, 0.3) is 0 Å². The van der Waals surface area contributed by atoms with Crippen LogP contribution in [0.3, 0.4) is 0 Å². The Kier molecular flexibility index (Phi) is 4.43. The van der Waals surface area contributed by atoms with Gasteiger partial charge in [-0.1, -0.05) is 6.07 Å². The molecule has 1 N–H and O–H groups in total. The molecule has 0 fully saturated rings. The molecule has 0 saturated heterocycles. The van der Waals surface area contributed by atoms with E-state index in [2.05, 4.69) is 10.3 Å². The SMILES string of the molecule is Cc1ccc(C(=O)Nc2ccc(C(=O)c3nccn3C)cc2)cc1F. The first-order valence-corrected chi connectivity index (χ1v) is 7.65. The van der Waals surface area contributed by atoms with Gasteiger partial charge >= 0.3 is 0 Å². The van der Waals surface area contributed by atoms with Crippen LogP contribution in [0.15, 0.2) is 54.9 Å². The van der Waals surface area contributed by atoms with Crippen LogP contribution in [-0.2, 0) is 7.05 Å². The second-order valence-corrected chi connectivity index (χ2v) is 5.69. The van der Waals surface area contributed by atoms with Crippen molar-refractivity contribution in [3.63, 3.8) is 0 Å². The van der Waals surface area contributed by atoms with Crippen LogP contribution < -0.4 is 5.32 Å². The van der Waals surface area contributed by atoms with Crippen molar-refractivity contribution in [2.45, 2.75) is 6.92 Å². The number of rotatable bonds is 4. The van der Waals surface area contributed by atoms with Gasteiger partial charge in [0.05, 0.1) is 0 Å². The fourth-order valence-electron chi connectivity index (χ4n) is 2.36. The molecule has 2 aromatic carbocycles. The lowest BCUT2D eigenvalue weighted by Gasteiger charge is -2.07. The third-order valence-corrected chi connectivity index (χ3v) is 3.86. The van der Waals surface area contributed by atoms with E-state index in [0.717, 1.165) is 0 Å². The van der Waals surface area contributed by atoms with Crippen LogP contribution in [0.2, 0.25) is 0 Å². The summed E-state index contributed by atoms with van der Waals surface area (Å²) in [6.45, 7) is 1.63. The summed E-state index contributed by atoms with van der Waals surface area (Å²) < 4.78 is 15.2. The molecular formula is C19H16FN3O2. The smallest absolute Gasteiger partial charge is 0.255 e. The number of hydrogen-bond donors (Lipinski definition) is 1. The maximum absolute atomic E-state index is 13.6. The molecule has 0 spiro atoms. The van der Waals surface area contributed by atoms with E-state index in [1.165, 1.54) is 6.07 Å². The fourth-order valence-corrected chi connectivity index (χ4v) is 2.36. The number of nitrogens with zero attached hydrogens (tertiary/aromatic N) is 2. The second kappa shape index (κ2) is 6.68. The van der Waals surface area contributed by atoms with Crippen LogP contribution >= 0.6 is 0 Å². The fraction of sp³-hybridized carbons (Fsp3) is 0.105. The Morgan fingerprint density at radius 3 is 2.36 bits per heavy atom. The van der Waals surface area contributed by atoms with Gasteiger partial charge in [-0.3, -0.25) is 9.59 Å². The molecule has 3 rings (SSSR count). The van der Waals surface area contributed by atoms with Gasteiger partial charge in [-0.25, -0.2) is 9.37 Å². The number of carbonyl (C=O) groups excluding carboxylic acids is 2. The highest BCUT2D eigenvalue weighted by Gasteiger charge is 2.14. The van der Waals surface area contributed by atoms with E-state index in [1.54, 1.807) is 67.3 Å². The lowest BCUT2D eigenvalue weighted by molar-refractivity contribution is 0.102. The number of aryl methyl sites for hydroxylation is 2. The van der Waals surface area contributed by atoms with Crippen molar-refractivity contribution < 1.29 is 14.0 Å². The van der Waals surface area contributed by atoms with Gasteiger partial charge < -0.3 is 9.88 Å². The van der Waals surface area contributed by atoms with E-state index in [-0.39, 0.29) is 11.3 Å². The summed E-state index contributed by atoms with van der Waals surface area (Å²) in [6, 6.07) is 10.8. The number of amides is 1. The molecule has 25 heavy (non-hydrogen) atoms. The largest absolute Gasteiger partial charge is 0.331 e. The molecule has 0 radical (unpaired) electrons. The van der Waals surface area contributed by atoms with Crippen molar-refractivity contribution in [2.24, 2.45) is 7.05 Å². The van der Waals surface area contributed by atoms with E-state index >= 15 is 0 Å². The maximum atomic E-state index is 13.6. The topological polar surface area (TPSA) is 64.0 Å². The molecule has 0 aliphatic rings. The number of imidazole rings is 1. The quantitative estimate of drug-likeness (QED) is 0.743. The van der Waals surface area contributed by atoms with E-state index in [0.29, 0.717) is 22.6 Å². The van der Waals surface area contributed by atoms with Gasteiger partial charge in [-0.2, -0.15) is 0 Å². The first-order chi connectivity index (χ1) is 12.0. The Morgan fingerprint density at radius 1 is 1.08 bits per heavy atom. The minimum Gasteiger partial charge on any atom is -0.331 e. The summed E-state index contributed by atoms with van der Waals surface area (Å²) in [7, 11) is 1.75. The van der Waals surface area contributed by atoms with Crippen molar-refractivity contribution >= 4 is 17.4 Å². The summed E-state index contributed by atoms with van der Waals surface area (Å²) in [5.74, 6) is -0.705. The molecule has 0 aliphatic carbocycles. The van der Waals surface area contributed by atoms with E-state index in [9.17, 15) is 14.0 Å². The normalized spacial score (nSPS) is 10.5. The molecule has 126 valence electrons. The monoisotopic (exact) mass is 337 g/mol. The number of nitrogens with one attached hydrogen (secondary N) is 1. The summed E-state index contributed by atoms with van der Waals surface area (Å²) in [5.41, 5.74) is 1.70. The summed E-state index contributed by atoms with van der Waals surface area (Å²) in [4.78, 5) is 28.5. The lowest BCUT2D eigenvalue weighted by Crippen LogP contribution is -2.13. The lowest BCUT2D eigenvalue weighted by atomic mass is 10.1. The number of carbonyl (C=O) groups is 2. The second-order valence-electron chi connectivity index (χ2n) is 5.69. The molecule has 0 saturated carbocycles. The average Bonchev–Trinajstić information content (AvgIpc) is 3.03. The number of ketones is 1. The zero-order chi connectivity index (χ0) is 18.0. The number of halogens is 1. The third kappa shape index (κ3) is 3.47. The van der Waals surface area contributed by atoms with Gasteiger partial charge in [-0.05, 0) is 48.9 Å². The van der Waals surface area contributed by atoms with Gasteiger partial charge in [-0.15, -0.1) is 0 Å². The number of hydrogen-bond acceptors (Lipinski definition) is 3. The van der Waals surface area contributed by atoms with Crippen LogP contribution in [-0.4, -0.2) is 21.2 Å². The Balaban J connectivity index is 1.74. The highest BCUT2D eigenvalue weighted by molar-refractivity contribution is 6.07. The van der Waals surface area contributed by atoms with E-state index < -0.39 is 11.7 Å². The standard InChI is InChI=1S/C19H16FN3O2/c1-12-3-4-14(11-16(12)20)19(25)22-15-7-5-13(6-8-15)17(24)18-21-9-10-23(18)2/h3-11H,1-2H3,(H,22,25). The van der Waals surface area contributed by atoms with Gasteiger partial charge in [0.2, 0.25) is 5.78 Å². The molecule has 0 atom stereocenters. The average molecular weight is 337 g/mol. The van der Waals surface area contributed by atoms with Crippen LogP contribution in [0.4, 0.5) is 10.1 Å². The highest BCUT2D eigenvalue weighted by atomic mass is 19.1. The molecule has 0 bridgehead atoms. The predicted octanol–water partition coefficient (Wildman–Crippen LogP) is 3.35. The first-order valence-electron chi connectivity index (χ1n) is 7.65. The molecule has 1 amide bonds. The minimum absolute atomic E-state index is 0.203. The zero-order valence-corrected chi connectivity index (χ0v) is 13.8. The molecule has 0 unspecified atom stereocenters. The highest BCUT2D eigenvalue weighted by Crippen LogP contribution is 2.15. The van der Waals surface area contributed by atoms with Crippen LogP contribution in [0.1, 0.15) is 32.1 Å². The summed E-state index contributed by atoms with van der Waals surface area (Å²) in [5, 5.41) is 2.68. The van der Waals surface area contributed by atoms with Gasteiger partial charge in [0, 0.05) is 36.3 Å². The molecule has 3 aromatic rings. The van der Waals surface area contributed by atoms with Crippen molar-refractivity contribution in [3.8, 4) is 0 Å². The van der Waals surface area contributed by atoms with Crippen molar-refractivity contribution in [3.05, 3.63) is 83.2 Å². The minimum atomic E-state index is -0.427. The Labute approximate surface area is 144 Å². The number of aromatic nitrogens is 2. The van der Waals surface area contributed by atoms with Gasteiger partial charge in [0.1, 0.15) is 5.82 Å². The Bertz CT molecular complexity index is 946. The first kappa shape index (κ1) is 16.6. The molecule has 6 heteroatoms. The van der Waals surface area contributed by atoms with Crippen LogP contribution in [0, 0.1) is 12.7 Å². The predicted molar refractivity (Wildman–Crippen MR) is 92.2 cm³/mol. The molecule has 1 aromatic heterocycles. The Morgan fingerprint density at radius 2 is 1.76 bits per heavy atom. The van der Waals surface area contributed by atoms with Crippen LogP contribution in [0.5, 0.6) is 0 Å². The number of anilines is 1. The third-order valence-electron chi connectivity index (χ3n) is 3.86. The summed E-state index contributed by atoms with van der Waals surface area (Å²) >= 11 is 0. The van der Waals surface area contributed by atoms with Gasteiger partial charge in [0.25, 0.3) is 5.91 Å². The number of benzene rings is 2. The summed E-state index contributed by atoms with van der Waals surface area (Å²) in [6.07, 6.45) is 3.26. The van der Waals surface area contributed by atoms with Crippen molar-refractivity contribution in [1.29, 1.82) is 0 Å². The molecular weight excluding hydrogens is 321 g/mol. The molecule has 1 heterocycles. The maximum Gasteiger partial charge on any atom is 0.255 e. The van der Waals surface area contributed by atoms with Crippen molar-refractivity contribution in [1.82, 2.24) is 9.55 Å². The van der Waals surface area contributed by atoms with Gasteiger partial charge in [0.15, 0.2) is 5.82 Å². The Hall–Kier alpha value is -3.28. The molecule has 5 nitrogen and oxygen atoms in total. The van der Waals surface area contributed by atoms with Crippen molar-refractivity contribution in [2.75, 3.05) is 5.32 Å². The van der Waals surface area contributed by atoms with E-state index in [1.807, 2.05) is 0 Å². The zero-order valence-electron chi connectivity index (χ0n) is 13.8.